The van der Waals surface area contributed by atoms with E-state index in [0.717, 1.165) is 25.2 Å². The van der Waals surface area contributed by atoms with Gasteiger partial charge < -0.3 is 10.2 Å². The molecule has 2 aromatic rings. The average Bonchev–Trinajstić information content (AvgIpc) is 2.42. The molecule has 0 fully saturated rings. The Hall–Kier alpha value is -1.06. The summed E-state index contributed by atoms with van der Waals surface area (Å²) in [6.45, 7) is 2.49. The zero-order valence-electron chi connectivity index (χ0n) is 12.4. The Kier molecular flexibility index (Phi) is 6.07. The van der Waals surface area contributed by atoms with E-state index in [9.17, 15) is 0 Å². The fourth-order valence-electron chi connectivity index (χ4n) is 2.22. The lowest BCUT2D eigenvalue weighted by atomic mass is 10.1. The Balaban J connectivity index is 1.97. The van der Waals surface area contributed by atoms with Crippen molar-refractivity contribution >= 4 is 23.2 Å². The number of benzene rings is 2. The van der Waals surface area contributed by atoms with Crippen LogP contribution in [0.15, 0.2) is 42.5 Å². The molecule has 0 aliphatic heterocycles. The van der Waals surface area contributed by atoms with Crippen molar-refractivity contribution in [1.82, 2.24) is 10.2 Å². The molecule has 2 aromatic carbocycles. The first-order chi connectivity index (χ1) is 10.1. The molecule has 1 N–H and O–H groups in total. The molecule has 0 unspecified atom stereocenters. The fourth-order valence-corrected chi connectivity index (χ4v) is 2.70. The molecule has 4 heteroatoms. The maximum absolute atomic E-state index is 6.18. The Morgan fingerprint density at radius 3 is 2.24 bits per heavy atom. The second-order valence-electron chi connectivity index (χ2n) is 5.35. The Bertz CT molecular complexity index is 597. The number of rotatable bonds is 6. The van der Waals surface area contributed by atoms with Gasteiger partial charge in [-0.25, -0.2) is 0 Å². The van der Waals surface area contributed by atoms with Gasteiger partial charge in [-0.05, 0) is 42.9 Å². The number of halogens is 2. The summed E-state index contributed by atoms with van der Waals surface area (Å²) in [5, 5.41) is 4.82. The lowest BCUT2D eigenvalue weighted by Gasteiger charge is -2.15. The first-order valence-electron chi connectivity index (χ1n) is 6.92. The van der Waals surface area contributed by atoms with Gasteiger partial charge in [0, 0.05) is 29.7 Å². The summed E-state index contributed by atoms with van der Waals surface area (Å²) in [6.07, 6.45) is 0. The largest absolute Gasteiger partial charge is 0.309 e. The highest BCUT2D eigenvalue weighted by Crippen LogP contribution is 2.21. The standard InChI is InChI=1S/C17H20Cl2N2/c1-21(2)12-15-6-4-3-5-13(15)10-20-11-14-7-8-16(18)9-17(14)19/h3-9,20H,10-12H2,1-2H3. The Labute approximate surface area is 136 Å². The van der Waals surface area contributed by atoms with E-state index >= 15 is 0 Å². The highest BCUT2D eigenvalue weighted by molar-refractivity contribution is 6.35. The van der Waals surface area contributed by atoms with Gasteiger partial charge in [0.1, 0.15) is 0 Å². The van der Waals surface area contributed by atoms with Crippen LogP contribution in [0.2, 0.25) is 10.0 Å². The van der Waals surface area contributed by atoms with E-state index in [2.05, 4.69) is 48.6 Å². The predicted octanol–water partition coefficient (Wildman–Crippen LogP) is 4.34. The van der Waals surface area contributed by atoms with Crippen LogP contribution >= 0.6 is 23.2 Å². The first-order valence-corrected chi connectivity index (χ1v) is 7.68. The van der Waals surface area contributed by atoms with E-state index < -0.39 is 0 Å². The minimum atomic E-state index is 0.667. The summed E-state index contributed by atoms with van der Waals surface area (Å²) in [4.78, 5) is 2.18. The van der Waals surface area contributed by atoms with E-state index in [1.807, 2.05) is 12.1 Å². The number of nitrogens with one attached hydrogen (secondary N) is 1. The van der Waals surface area contributed by atoms with Gasteiger partial charge in [-0.2, -0.15) is 0 Å². The third-order valence-corrected chi connectivity index (χ3v) is 3.84. The zero-order valence-corrected chi connectivity index (χ0v) is 13.9. The highest BCUT2D eigenvalue weighted by atomic mass is 35.5. The molecule has 0 atom stereocenters. The molecule has 2 rings (SSSR count). The van der Waals surface area contributed by atoms with Crippen molar-refractivity contribution in [3.8, 4) is 0 Å². The average molecular weight is 323 g/mol. The highest BCUT2D eigenvalue weighted by Gasteiger charge is 2.04. The van der Waals surface area contributed by atoms with Gasteiger partial charge in [0.05, 0.1) is 0 Å². The van der Waals surface area contributed by atoms with Gasteiger partial charge in [-0.15, -0.1) is 0 Å². The Morgan fingerprint density at radius 1 is 0.905 bits per heavy atom. The van der Waals surface area contributed by atoms with Crippen LogP contribution in [0.1, 0.15) is 16.7 Å². The molecule has 0 aliphatic carbocycles. The van der Waals surface area contributed by atoms with Crippen molar-refractivity contribution in [2.45, 2.75) is 19.6 Å². The summed E-state index contributed by atoms with van der Waals surface area (Å²) in [7, 11) is 4.16. The number of hydrogen-bond donors (Lipinski definition) is 1. The molecule has 0 heterocycles. The third kappa shape index (κ3) is 5.01. The Morgan fingerprint density at radius 2 is 1.57 bits per heavy atom. The molecule has 21 heavy (non-hydrogen) atoms. The second-order valence-corrected chi connectivity index (χ2v) is 6.19. The van der Waals surface area contributed by atoms with E-state index in [4.69, 9.17) is 23.2 Å². The van der Waals surface area contributed by atoms with Crippen molar-refractivity contribution < 1.29 is 0 Å². The topological polar surface area (TPSA) is 15.3 Å². The van der Waals surface area contributed by atoms with E-state index in [0.29, 0.717) is 10.0 Å². The van der Waals surface area contributed by atoms with E-state index in [1.54, 1.807) is 6.07 Å². The van der Waals surface area contributed by atoms with Crippen LogP contribution in [0.4, 0.5) is 0 Å². The van der Waals surface area contributed by atoms with Crippen LogP contribution in [-0.2, 0) is 19.6 Å². The fraction of sp³-hybridized carbons (Fsp3) is 0.294. The molecule has 112 valence electrons. The van der Waals surface area contributed by atoms with Gasteiger partial charge in [0.2, 0.25) is 0 Å². The summed E-state index contributed by atoms with van der Waals surface area (Å²) in [6, 6.07) is 14.1. The molecule has 2 nitrogen and oxygen atoms in total. The molecule has 0 aromatic heterocycles. The van der Waals surface area contributed by atoms with Gasteiger partial charge in [0.25, 0.3) is 0 Å². The maximum Gasteiger partial charge on any atom is 0.0465 e. The first kappa shape index (κ1) is 16.3. The van der Waals surface area contributed by atoms with Gasteiger partial charge in [0.15, 0.2) is 0 Å². The summed E-state index contributed by atoms with van der Waals surface area (Å²) >= 11 is 12.1. The number of nitrogens with zero attached hydrogens (tertiary/aromatic N) is 1. The molecule has 0 radical (unpaired) electrons. The van der Waals surface area contributed by atoms with Crippen LogP contribution in [0.3, 0.4) is 0 Å². The predicted molar refractivity (Wildman–Crippen MR) is 90.8 cm³/mol. The number of hydrogen-bond acceptors (Lipinski definition) is 2. The van der Waals surface area contributed by atoms with Crippen molar-refractivity contribution in [2.24, 2.45) is 0 Å². The molecular weight excluding hydrogens is 303 g/mol. The summed E-state index contributed by atoms with van der Waals surface area (Å²) in [5.41, 5.74) is 3.72. The molecule has 0 amide bonds. The van der Waals surface area contributed by atoms with E-state index in [-0.39, 0.29) is 0 Å². The van der Waals surface area contributed by atoms with Crippen molar-refractivity contribution in [2.75, 3.05) is 14.1 Å². The smallest absolute Gasteiger partial charge is 0.0465 e. The van der Waals surface area contributed by atoms with Crippen LogP contribution < -0.4 is 5.32 Å². The van der Waals surface area contributed by atoms with Crippen molar-refractivity contribution in [3.63, 3.8) is 0 Å². The minimum absolute atomic E-state index is 0.667. The zero-order chi connectivity index (χ0) is 15.2. The monoisotopic (exact) mass is 322 g/mol. The lowest BCUT2D eigenvalue weighted by molar-refractivity contribution is 0.400. The third-order valence-electron chi connectivity index (χ3n) is 3.25. The molecule has 0 spiro atoms. The van der Waals surface area contributed by atoms with Crippen LogP contribution in [-0.4, -0.2) is 19.0 Å². The molecule has 0 aliphatic rings. The molecule has 0 bridgehead atoms. The van der Waals surface area contributed by atoms with E-state index in [1.165, 1.54) is 11.1 Å². The maximum atomic E-state index is 6.18. The summed E-state index contributed by atoms with van der Waals surface area (Å²) in [5.74, 6) is 0. The lowest BCUT2D eigenvalue weighted by Crippen LogP contribution is -2.17. The van der Waals surface area contributed by atoms with Crippen molar-refractivity contribution in [3.05, 3.63) is 69.2 Å². The van der Waals surface area contributed by atoms with Crippen LogP contribution in [0.25, 0.3) is 0 Å². The van der Waals surface area contributed by atoms with Gasteiger partial charge in [-0.3, -0.25) is 0 Å². The van der Waals surface area contributed by atoms with Gasteiger partial charge in [-0.1, -0.05) is 53.5 Å². The molecular formula is C17H20Cl2N2. The minimum Gasteiger partial charge on any atom is -0.309 e. The SMILES string of the molecule is CN(C)Cc1ccccc1CNCc1ccc(Cl)cc1Cl. The molecule has 0 saturated carbocycles. The molecule has 0 saturated heterocycles. The van der Waals surface area contributed by atoms with Crippen LogP contribution in [0, 0.1) is 0 Å². The van der Waals surface area contributed by atoms with Crippen molar-refractivity contribution in [1.29, 1.82) is 0 Å². The van der Waals surface area contributed by atoms with Crippen LogP contribution in [0.5, 0.6) is 0 Å². The quantitative estimate of drug-likeness (QED) is 0.850. The normalized spacial score (nSPS) is 11.1. The summed E-state index contributed by atoms with van der Waals surface area (Å²) < 4.78 is 0. The van der Waals surface area contributed by atoms with Gasteiger partial charge >= 0.3 is 0 Å². The second kappa shape index (κ2) is 7.81.